The molecule has 13 heavy (non-hydrogen) atoms. The van der Waals surface area contributed by atoms with Gasteiger partial charge in [-0.15, -0.1) is 11.3 Å². The first-order valence-corrected chi connectivity index (χ1v) is 5.85. The van der Waals surface area contributed by atoms with Gasteiger partial charge in [-0.1, -0.05) is 11.6 Å². The van der Waals surface area contributed by atoms with Crippen molar-refractivity contribution in [2.24, 2.45) is 0 Å². The van der Waals surface area contributed by atoms with E-state index < -0.39 is 0 Å². The average molecular weight is 216 g/mol. The summed E-state index contributed by atoms with van der Waals surface area (Å²) in [5.74, 6) is 0.650. The maximum absolute atomic E-state index is 6.28. The maximum Gasteiger partial charge on any atom is 0.0580 e. The van der Waals surface area contributed by atoms with Crippen LogP contribution >= 0.6 is 22.9 Å². The minimum atomic E-state index is 0.650. The van der Waals surface area contributed by atoms with E-state index >= 15 is 0 Å². The first kappa shape index (κ1) is 9.50. The second-order valence-electron chi connectivity index (χ2n) is 3.63. The molecule has 0 radical (unpaired) electrons. The highest BCUT2D eigenvalue weighted by Gasteiger charge is 2.23. The Balaban J connectivity index is 2.37. The van der Waals surface area contributed by atoms with Gasteiger partial charge in [-0.3, -0.25) is 0 Å². The van der Waals surface area contributed by atoms with E-state index in [1.807, 2.05) is 11.3 Å². The average Bonchev–Trinajstić information content (AvgIpc) is 2.63. The highest BCUT2D eigenvalue weighted by molar-refractivity contribution is 7.12. The summed E-state index contributed by atoms with van der Waals surface area (Å²) < 4.78 is 0. The van der Waals surface area contributed by atoms with Gasteiger partial charge in [-0.05, 0) is 32.4 Å². The molecule has 0 amide bonds. The van der Waals surface area contributed by atoms with Crippen LogP contribution in [0.1, 0.15) is 27.7 Å². The minimum Gasteiger partial charge on any atom is -0.316 e. The van der Waals surface area contributed by atoms with E-state index in [0.29, 0.717) is 5.92 Å². The first-order valence-electron chi connectivity index (χ1n) is 4.66. The molecule has 3 heteroatoms. The molecule has 1 unspecified atom stereocenters. The van der Waals surface area contributed by atoms with Crippen LogP contribution in [0.15, 0.2) is 0 Å². The Morgan fingerprint density at radius 2 is 2.15 bits per heavy atom. The molecule has 1 nitrogen and oxygen atoms in total. The van der Waals surface area contributed by atoms with Gasteiger partial charge in [0.2, 0.25) is 0 Å². The highest BCUT2D eigenvalue weighted by Crippen LogP contribution is 2.38. The predicted molar refractivity (Wildman–Crippen MR) is 59.0 cm³/mol. The summed E-state index contributed by atoms with van der Waals surface area (Å²) in [6, 6.07) is 0. The number of halogens is 1. The third-order valence-electron chi connectivity index (χ3n) is 2.70. The van der Waals surface area contributed by atoms with E-state index in [1.165, 1.54) is 21.7 Å². The van der Waals surface area contributed by atoms with Crippen LogP contribution in [0.3, 0.4) is 0 Å². The fraction of sp³-hybridized carbons (Fsp3) is 0.600. The smallest absolute Gasteiger partial charge is 0.0580 e. The maximum atomic E-state index is 6.28. The standard InChI is InChI=1S/C10H14ClNS/c1-6-9(8-3-4-12-5-8)10(11)7(2)13-6/h8,12H,3-5H2,1-2H3. The lowest BCUT2D eigenvalue weighted by Gasteiger charge is -2.08. The SMILES string of the molecule is Cc1sc(C)c(C2CCNC2)c1Cl. The second kappa shape index (κ2) is 3.60. The molecule has 0 saturated carbocycles. The summed E-state index contributed by atoms with van der Waals surface area (Å²) in [6.07, 6.45) is 1.23. The molecule has 1 saturated heterocycles. The molecule has 1 aliphatic heterocycles. The summed E-state index contributed by atoms with van der Waals surface area (Å²) >= 11 is 8.10. The fourth-order valence-corrected chi connectivity index (χ4v) is 3.55. The summed E-state index contributed by atoms with van der Waals surface area (Å²) in [5, 5.41) is 4.39. The molecule has 0 aliphatic carbocycles. The van der Waals surface area contributed by atoms with Gasteiger partial charge in [0.1, 0.15) is 0 Å². The van der Waals surface area contributed by atoms with Gasteiger partial charge in [0.05, 0.1) is 5.02 Å². The van der Waals surface area contributed by atoms with E-state index in [9.17, 15) is 0 Å². The monoisotopic (exact) mass is 215 g/mol. The van der Waals surface area contributed by atoms with Gasteiger partial charge in [0.15, 0.2) is 0 Å². The zero-order chi connectivity index (χ0) is 9.42. The van der Waals surface area contributed by atoms with Gasteiger partial charge in [0.25, 0.3) is 0 Å². The van der Waals surface area contributed by atoms with Crippen molar-refractivity contribution in [2.45, 2.75) is 26.2 Å². The fourth-order valence-electron chi connectivity index (χ4n) is 2.04. The van der Waals surface area contributed by atoms with Crippen LogP contribution in [0.25, 0.3) is 0 Å². The van der Waals surface area contributed by atoms with E-state index in [2.05, 4.69) is 19.2 Å². The molecular formula is C10H14ClNS. The van der Waals surface area contributed by atoms with E-state index in [1.54, 1.807) is 0 Å². The Labute approximate surface area is 88.1 Å². The summed E-state index contributed by atoms with van der Waals surface area (Å²) in [6.45, 7) is 6.51. The summed E-state index contributed by atoms with van der Waals surface area (Å²) in [5.41, 5.74) is 1.40. The van der Waals surface area contributed by atoms with Crippen molar-refractivity contribution < 1.29 is 0 Å². The van der Waals surface area contributed by atoms with Gasteiger partial charge in [0, 0.05) is 22.2 Å². The van der Waals surface area contributed by atoms with E-state index in [-0.39, 0.29) is 0 Å². The van der Waals surface area contributed by atoms with E-state index in [0.717, 1.165) is 18.1 Å². The molecule has 1 fully saturated rings. The van der Waals surface area contributed by atoms with E-state index in [4.69, 9.17) is 11.6 Å². The number of thiophene rings is 1. The van der Waals surface area contributed by atoms with Crippen LogP contribution < -0.4 is 5.32 Å². The van der Waals surface area contributed by atoms with Crippen LogP contribution in [0.2, 0.25) is 5.02 Å². The first-order chi connectivity index (χ1) is 6.20. The predicted octanol–water partition coefficient (Wildman–Crippen LogP) is 3.10. The molecule has 72 valence electrons. The van der Waals surface area contributed by atoms with Crippen molar-refractivity contribution in [1.82, 2.24) is 5.32 Å². The summed E-state index contributed by atoms with van der Waals surface area (Å²) in [4.78, 5) is 2.66. The largest absolute Gasteiger partial charge is 0.316 e. The minimum absolute atomic E-state index is 0.650. The Morgan fingerprint density at radius 1 is 1.38 bits per heavy atom. The number of rotatable bonds is 1. The molecular weight excluding hydrogens is 202 g/mol. The van der Waals surface area contributed by atoms with Crippen LogP contribution in [0.5, 0.6) is 0 Å². The Hall–Kier alpha value is -0.0500. The Kier molecular flexibility index (Phi) is 2.63. The Bertz CT molecular complexity index is 313. The Morgan fingerprint density at radius 3 is 2.62 bits per heavy atom. The molecule has 1 aromatic heterocycles. The van der Waals surface area contributed by atoms with Crippen LogP contribution in [0.4, 0.5) is 0 Å². The molecule has 0 bridgehead atoms. The molecule has 1 atom stereocenters. The molecule has 0 spiro atoms. The van der Waals surface area contributed by atoms with Crippen molar-refractivity contribution in [1.29, 1.82) is 0 Å². The lowest BCUT2D eigenvalue weighted by atomic mass is 9.99. The molecule has 2 rings (SSSR count). The van der Waals surface area contributed by atoms with Crippen molar-refractivity contribution >= 4 is 22.9 Å². The van der Waals surface area contributed by atoms with Gasteiger partial charge in [-0.2, -0.15) is 0 Å². The molecule has 1 aliphatic rings. The van der Waals surface area contributed by atoms with Crippen molar-refractivity contribution in [3.8, 4) is 0 Å². The summed E-state index contributed by atoms with van der Waals surface area (Å²) in [7, 11) is 0. The normalized spacial score (nSPS) is 22.5. The zero-order valence-electron chi connectivity index (χ0n) is 7.98. The third-order valence-corrected chi connectivity index (χ3v) is 4.34. The lowest BCUT2D eigenvalue weighted by Crippen LogP contribution is -2.08. The second-order valence-corrected chi connectivity index (χ2v) is 5.44. The highest BCUT2D eigenvalue weighted by atomic mass is 35.5. The zero-order valence-corrected chi connectivity index (χ0v) is 9.56. The van der Waals surface area contributed by atoms with Crippen molar-refractivity contribution in [3.63, 3.8) is 0 Å². The topological polar surface area (TPSA) is 12.0 Å². The molecule has 1 N–H and O–H groups in total. The van der Waals surface area contributed by atoms with Crippen molar-refractivity contribution in [2.75, 3.05) is 13.1 Å². The third kappa shape index (κ3) is 1.63. The number of nitrogens with one attached hydrogen (secondary N) is 1. The van der Waals surface area contributed by atoms with Crippen LogP contribution in [-0.4, -0.2) is 13.1 Å². The van der Waals surface area contributed by atoms with Crippen molar-refractivity contribution in [3.05, 3.63) is 20.3 Å². The van der Waals surface area contributed by atoms with Crippen LogP contribution in [0, 0.1) is 13.8 Å². The van der Waals surface area contributed by atoms with Gasteiger partial charge in [-0.25, -0.2) is 0 Å². The van der Waals surface area contributed by atoms with Crippen LogP contribution in [-0.2, 0) is 0 Å². The number of hydrogen-bond acceptors (Lipinski definition) is 2. The van der Waals surface area contributed by atoms with Gasteiger partial charge < -0.3 is 5.32 Å². The number of hydrogen-bond donors (Lipinski definition) is 1. The molecule has 1 aromatic rings. The lowest BCUT2D eigenvalue weighted by molar-refractivity contribution is 0.762. The number of aryl methyl sites for hydroxylation is 2. The molecule has 2 heterocycles. The molecule has 0 aromatic carbocycles. The quantitative estimate of drug-likeness (QED) is 0.759. The van der Waals surface area contributed by atoms with Gasteiger partial charge >= 0.3 is 0 Å².